The fourth-order valence-electron chi connectivity index (χ4n) is 3.54. The van der Waals surface area contributed by atoms with Crippen molar-refractivity contribution in [1.29, 1.82) is 0 Å². The van der Waals surface area contributed by atoms with Crippen LogP contribution in [0.25, 0.3) is 22.4 Å². The molecule has 3 aromatic rings. The Bertz CT molecular complexity index is 1020. The first-order valence-corrected chi connectivity index (χ1v) is 9.49. The molecule has 4 rings (SSSR count). The Morgan fingerprint density at radius 2 is 2.00 bits per heavy atom. The Morgan fingerprint density at radius 1 is 1.18 bits per heavy atom. The molecule has 1 atom stereocenters. The average molecular weight is 399 g/mol. The molecule has 1 aromatic heterocycles. The molecule has 0 bridgehead atoms. The van der Waals surface area contributed by atoms with E-state index in [4.69, 9.17) is 16.6 Å². The molecule has 0 spiro atoms. The molecular weight excluding hydrogens is 379 g/mol. The van der Waals surface area contributed by atoms with E-state index in [9.17, 15) is 14.6 Å². The number of aromatic hydroxyl groups is 1. The van der Waals surface area contributed by atoms with Gasteiger partial charge in [0.05, 0.1) is 16.8 Å². The van der Waals surface area contributed by atoms with Crippen LogP contribution in [0.1, 0.15) is 12.0 Å². The standard InChI is InChI=1S/C22H20ClFN2O2/c1-13-5-6-20(28)16(9-13)19-10-14(22-17(23)3-2-4-18(22)24)11-21(25-19)26-8-7-15(27)12-26/h2-6,9-11,15,27-28H,7-8,12H2,1H3. The van der Waals surface area contributed by atoms with Gasteiger partial charge in [0.25, 0.3) is 0 Å². The minimum absolute atomic E-state index is 0.0993. The molecule has 0 radical (unpaired) electrons. The lowest BCUT2D eigenvalue weighted by atomic mass is 10.0. The third-order valence-electron chi connectivity index (χ3n) is 4.98. The number of hydrogen-bond donors (Lipinski definition) is 2. The van der Waals surface area contributed by atoms with Crippen molar-refractivity contribution in [2.75, 3.05) is 18.0 Å². The second-order valence-electron chi connectivity index (χ2n) is 7.11. The number of β-amino-alcohol motifs (C(OH)–C–C–N with tert-alkyl or cyclic N) is 1. The monoisotopic (exact) mass is 398 g/mol. The summed E-state index contributed by atoms with van der Waals surface area (Å²) < 4.78 is 14.6. The quantitative estimate of drug-likeness (QED) is 0.665. The van der Waals surface area contributed by atoms with Crippen molar-refractivity contribution in [2.24, 2.45) is 0 Å². The summed E-state index contributed by atoms with van der Waals surface area (Å²) in [6, 6.07) is 13.4. The summed E-state index contributed by atoms with van der Waals surface area (Å²) in [6.45, 7) is 3.04. The van der Waals surface area contributed by atoms with Gasteiger partial charge in [0.1, 0.15) is 17.4 Å². The zero-order valence-electron chi connectivity index (χ0n) is 15.4. The second-order valence-corrected chi connectivity index (χ2v) is 7.51. The number of aliphatic hydroxyl groups excluding tert-OH is 1. The lowest BCUT2D eigenvalue weighted by molar-refractivity contribution is 0.198. The number of phenols is 1. The first-order chi connectivity index (χ1) is 13.4. The molecule has 1 saturated heterocycles. The second kappa shape index (κ2) is 7.41. The van der Waals surface area contributed by atoms with E-state index >= 15 is 0 Å². The number of aromatic nitrogens is 1. The SMILES string of the molecule is Cc1ccc(O)c(-c2cc(-c3c(F)cccc3Cl)cc(N3CCC(O)C3)n2)c1. The third kappa shape index (κ3) is 3.55. The van der Waals surface area contributed by atoms with E-state index < -0.39 is 11.9 Å². The lowest BCUT2D eigenvalue weighted by Crippen LogP contribution is -2.22. The molecule has 2 aromatic carbocycles. The summed E-state index contributed by atoms with van der Waals surface area (Å²) in [5, 5.41) is 20.6. The highest BCUT2D eigenvalue weighted by Crippen LogP contribution is 2.37. The van der Waals surface area contributed by atoms with Gasteiger partial charge in [-0.05, 0) is 55.3 Å². The number of aryl methyl sites for hydroxylation is 1. The number of aliphatic hydroxyl groups is 1. The van der Waals surface area contributed by atoms with Gasteiger partial charge in [-0.1, -0.05) is 29.3 Å². The van der Waals surface area contributed by atoms with E-state index in [-0.39, 0.29) is 5.75 Å². The number of nitrogens with zero attached hydrogens (tertiary/aromatic N) is 2. The van der Waals surface area contributed by atoms with E-state index in [1.165, 1.54) is 6.07 Å². The highest BCUT2D eigenvalue weighted by molar-refractivity contribution is 6.33. The number of anilines is 1. The van der Waals surface area contributed by atoms with E-state index in [2.05, 4.69) is 0 Å². The van der Waals surface area contributed by atoms with Crippen LogP contribution in [-0.2, 0) is 0 Å². The van der Waals surface area contributed by atoms with Gasteiger partial charge in [-0.3, -0.25) is 0 Å². The normalized spacial score (nSPS) is 16.6. The van der Waals surface area contributed by atoms with Crippen molar-refractivity contribution < 1.29 is 14.6 Å². The molecule has 28 heavy (non-hydrogen) atoms. The first kappa shape index (κ1) is 18.7. The number of benzene rings is 2. The van der Waals surface area contributed by atoms with Crippen molar-refractivity contribution in [3.05, 3.63) is 64.9 Å². The van der Waals surface area contributed by atoms with Gasteiger partial charge in [-0.15, -0.1) is 0 Å². The largest absolute Gasteiger partial charge is 0.507 e. The van der Waals surface area contributed by atoms with E-state index in [0.717, 1.165) is 5.56 Å². The van der Waals surface area contributed by atoms with E-state index in [1.54, 1.807) is 30.3 Å². The maximum atomic E-state index is 14.6. The summed E-state index contributed by atoms with van der Waals surface area (Å²) >= 11 is 6.29. The highest BCUT2D eigenvalue weighted by atomic mass is 35.5. The predicted molar refractivity (Wildman–Crippen MR) is 109 cm³/mol. The molecule has 0 aliphatic carbocycles. The Kier molecular flexibility index (Phi) is 4.96. The molecule has 0 amide bonds. The summed E-state index contributed by atoms with van der Waals surface area (Å²) in [6.07, 6.45) is 0.232. The van der Waals surface area contributed by atoms with Crippen LogP contribution in [0.5, 0.6) is 5.75 Å². The number of phenolic OH excluding ortho intramolecular Hbond substituents is 1. The fraction of sp³-hybridized carbons (Fsp3) is 0.227. The molecule has 1 fully saturated rings. The van der Waals surface area contributed by atoms with Crippen LogP contribution in [-0.4, -0.2) is 34.4 Å². The maximum absolute atomic E-state index is 14.6. The number of pyridine rings is 1. The molecular formula is C22H20ClFN2O2. The topological polar surface area (TPSA) is 56.6 Å². The van der Waals surface area contributed by atoms with Crippen LogP contribution in [0.15, 0.2) is 48.5 Å². The Balaban J connectivity index is 1.92. The van der Waals surface area contributed by atoms with E-state index in [0.29, 0.717) is 52.7 Å². The summed E-state index contributed by atoms with van der Waals surface area (Å²) in [7, 11) is 0. The van der Waals surface area contributed by atoms with Gasteiger partial charge in [-0.2, -0.15) is 0 Å². The molecule has 144 valence electrons. The average Bonchev–Trinajstić information content (AvgIpc) is 3.10. The molecule has 1 aliphatic rings. The van der Waals surface area contributed by atoms with Gasteiger partial charge in [0.2, 0.25) is 0 Å². The van der Waals surface area contributed by atoms with Gasteiger partial charge in [0, 0.05) is 24.2 Å². The summed E-state index contributed by atoms with van der Waals surface area (Å²) in [5.74, 6) is 0.289. The summed E-state index contributed by atoms with van der Waals surface area (Å²) in [5.41, 5.74) is 2.93. The van der Waals surface area contributed by atoms with E-state index in [1.807, 2.05) is 24.0 Å². The zero-order chi connectivity index (χ0) is 19.8. The molecule has 2 heterocycles. The highest BCUT2D eigenvalue weighted by Gasteiger charge is 2.23. The number of halogens is 2. The fourth-order valence-corrected chi connectivity index (χ4v) is 3.81. The van der Waals surface area contributed by atoms with Crippen molar-refractivity contribution >= 4 is 17.4 Å². The number of hydrogen-bond acceptors (Lipinski definition) is 4. The van der Waals surface area contributed by atoms with Gasteiger partial charge < -0.3 is 15.1 Å². The molecule has 2 N–H and O–H groups in total. The Morgan fingerprint density at radius 3 is 2.71 bits per heavy atom. The third-order valence-corrected chi connectivity index (χ3v) is 5.29. The van der Waals surface area contributed by atoms with Gasteiger partial charge in [-0.25, -0.2) is 9.37 Å². The van der Waals surface area contributed by atoms with Crippen LogP contribution < -0.4 is 4.90 Å². The van der Waals surface area contributed by atoms with Gasteiger partial charge in [0.15, 0.2) is 0 Å². The summed E-state index contributed by atoms with van der Waals surface area (Å²) in [4.78, 5) is 6.65. The van der Waals surface area contributed by atoms with Crippen LogP contribution in [0, 0.1) is 12.7 Å². The lowest BCUT2D eigenvalue weighted by Gasteiger charge is -2.20. The van der Waals surface area contributed by atoms with Crippen molar-refractivity contribution in [3.8, 4) is 28.1 Å². The zero-order valence-corrected chi connectivity index (χ0v) is 16.1. The Labute approximate surface area is 167 Å². The minimum atomic E-state index is -0.425. The van der Waals surface area contributed by atoms with Crippen LogP contribution in [0.4, 0.5) is 10.2 Å². The van der Waals surface area contributed by atoms with Crippen molar-refractivity contribution in [2.45, 2.75) is 19.4 Å². The van der Waals surface area contributed by atoms with Crippen LogP contribution in [0.2, 0.25) is 5.02 Å². The molecule has 1 aliphatic heterocycles. The van der Waals surface area contributed by atoms with Crippen molar-refractivity contribution in [1.82, 2.24) is 4.98 Å². The molecule has 1 unspecified atom stereocenters. The maximum Gasteiger partial charge on any atom is 0.132 e. The van der Waals surface area contributed by atoms with Crippen LogP contribution >= 0.6 is 11.6 Å². The molecule has 4 nitrogen and oxygen atoms in total. The molecule has 6 heteroatoms. The molecule has 0 saturated carbocycles. The minimum Gasteiger partial charge on any atom is -0.507 e. The van der Waals surface area contributed by atoms with Crippen molar-refractivity contribution in [3.63, 3.8) is 0 Å². The van der Waals surface area contributed by atoms with Gasteiger partial charge >= 0.3 is 0 Å². The first-order valence-electron chi connectivity index (χ1n) is 9.12. The number of rotatable bonds is 3. The van der Waals surface area contributed by atoms with Crippen LogP contribution in [0.3, 0.4) is 0 Å². The Hall–Kier alpha value is -2.63. The predicted octanol–water partition coefficient (Wildman–Crippen LogP) is 4.79. The smallest absolute Gasteiger partial charge is 0.132 e.